The first-order chi connectivity index (χ1) is 12.2. The highest BCUT2D eigenvalue weighted by Crippen LogP contribution is 2.22. The van der Waals surface area contributed by atoms with E-state index in [1.807, 2.05) is 5.38 Å². The van der Waals surface area contributed by atoms with Crippen molar-refractivity contribution in [3.63, 3.8) is 0 Å². The quantitative estimate of drug-likeness (QED) is 0.820. The second-order valence-electron chi connectivity index (χ2n) is 5.91. The fraction of sp³-hybridized carbons (Fsp3) is 0.444. The highest BCUT2D eigenvalue weighted by atomic mass is 32.1. The first-order valence-electron chi connectivity index (χ1n) is 8.37. The van der Waals surface area contributed by atoms with Gasteiger partial charge in [0.05, 0.1) is 24.9 Å². The van der Waals surface area contributed by atoms with Crippen molar-refractivity contribution in [3.05, 3.63) is 40.5 Å². The maximum atomic E-state index is 13.0. The Labute approximate surface area is 150 Å². The molecule has 0 saturated carbocycles. The molecule has 1 atom stereocenters. The lowest BCUT2D eigenvalue weighted by atomic mass is 10.1. The minimum atomic E-state index is -0.273. The third-order valence-corrected chi connectivity index (χ3v) is 4.79. The summed E-state index contributed by atoms with van der Waals surface area (Å²) in [6, 6.07) is 6.19. The summed E-state index contributed by atoms with van der Waals surface area (Å²) >= 11 is 1.46. The van der Waals surface area contributed by atoms with E-state index < -0.39 is 0 Å². The molecule has 0 unspecified atom stereocenters. The Morgan fingerprint density at radius 2 is 2.20 bits per heavy atom. The number of hydrogen-bond donors (Lipinski definition) is 1. The van der Waals surface area contributed by atoms with Crippen LogP contribution in [0.25, 0.3) is 11.3 Å². The predicted octanol–water partition coefficient (Wildman–Crippen LogP) is 3.15. The zero-order chi connectivity index (χ0) is 17.5. The van der Waals surface area contributed by atoms with E-state index >= 15 is 0 Å². The van der Waals surface area contributed by atoms with Crippen molar-refractivity contribution < 1.29 is 18.7 Å². The molecule has 134 valence electrons. The van der Waals surface area contributed by atoms with Gasteiger partial charge in [-0.15, -0.1) is 11.3 Å². The van der Waals surface area contributed by atoms with Crippen molar-refractivity contribution in [2.45, 2.75) is 31.9 Å². The number of aromatic nitrogens is 1. The normalized spacial score (nSPS) is 17.4. The van der Waals surface area contributed by atoms with E-state index in [2.05, 4.69) is 10.3 Å². The molecule has 5 nitrogen and oxygen atoms in total. The lowest BCUT2D eigenvalue weighted by Crippen LogP contribution is -2.30. The van der Waals surface area contributed by atoms with Crippen molar-refractivity contribution in [1.29, 1.82) is 0 Å². The third kappa shape index (κ3) is 5.59. The monoisotopic (exact) mass is 364 g/mol. The smallest absolute Gasteiger partial charge is 0.246 e. The van der Waals surface area contributed by atoms with Crippen molar-refractivity contribution in [2.75, 3.05) is 19.8 Å². The Bertz CT molecular complexity index is 684. The lowest BCUT2D eigenvalue weighted by Gasteiger charge is -2.22. The second-order valence-corrected chi connectivity index (χ2v) is 6.86. The summed E-state index contributed by atoms with van der Waals surface area (Å²) in [6.07, 6.45) is 3.36. The Morgan fingerprint density at radius 1 is 1.36 bits per heavy atom. The number of hydrogen-bond acceptors (Lipinski definition) is 5. The molecule has 0 spiro atoms. The number of thiazole rings is 1. The van der Waals surface area contributed by atoms with Crippen molar-refractivity contribution in [2.24, 2.45) is 0 Å². The van der Waals surface area contributed by atoms with E-state index in [4.69, 9.17) is 9.47 Å². The summed E-state index contributed by atoms with van der Waals surface area (Å²) in [5, 5.41) is 5.48. The van der Waals surface area contributed by atoms with Gasteiger partial charge >= 0.3 is 0 Å². The number of amides is 1. The summed E-state index contributed by atoms with van der Waals surface area (Å²) in [4.78, 5) is 16.3. The van der Waals surface area contributed by atoms with Crippen molar-refractivity contribution >= 4 is 17.2 Å². The highest BCUT2D eigenvalue weighted by molar-refractivity contribution is 7.09. The molecule has 0 bridgehead atoms. The van der Waals surface area contributed by atoms with Crippen LogP contribution in [0.15, 0.2) is 29.6 Å². The SMILES string of the molecule is O=C(COC[C@H]1CCCCO1)NCc1nc(-c2ccc(F)cc2)cs1. The van der Waals surface area contributed by atoms with Gasteiger partial charge in [-0.3, -0.25) is 4.79 Å². The molecular weight excluding hydrogens is 343 g/mol. The van der Waals surface area contributed by atoms with Crippen LogP contribution in [0, 0.1) is 5.82 Å². The van der Waals surface area contributed by atoms with Crippen LogP contribution in [-0.4, -0.2) is 36.8 Å². The molecule has 2 aromatic rings. The van der Waals surface area contributed by atoms with Crippen LogP contribution in [0.4, 0.5) is 4.39 Å². The number of nitrogens with one attached hydrogen (secondary N) is 1. The van der Waals surface area contributed by atoms with Crippen molar-refractivity contribution in [1.82, 2.24) is 10.3 Å². The predicted molar refractivity (Wildman–Crippen MR) is 93.8 cm³/mol. The van der Waals surface area contributed by atoms with Gasteiger partial charge in [-0.05, 0) is 43.5 Å². The topological polar surface area (TPSA) is 60.5 Å². The first-order valence-corrected chi connectivity index (χ1v) is 9.25. The number of nitrogens with zero attached hydrogens (tertiary/aromatic N) is 1. The molecule has 0 aliphatic carbocycles. The maximum Gasteiger partial charge on any atom is 0.246 e. The van der Waals surface area contributed by atoms with Crippen LogP contribution >= 0.6 is 11.3 Å². The largest absolute Gasteiger partial charge is 0.376 e. The standard InChI is InChI=1S/C18H21FN2O3S/c19-14-6-4-13(5-7-14)16-12-25-18(21-16)9-20-17(22)11-23-10-15-3-1-2-8-24-15/h4-7,12,15H,1-3,8-11H2,(H,20,22)/t15-/m1/s1. The molecule has 7 heteroatoms. The highest BCUT2D eigenvalue weighted by Gasteiger charge is 2.14. The summed E-state index contributed by atoms with van der Waals surface area (Å²) in [7, 11) is 0. The minimum absolute atomic E-state index is 0.0239. The first kappa shape index (κ1) is 18.0. The molecule has 1 aliphatic rings. The summed E-state index contributed by atoms with van der Waals surface area (Å²) in [5.41, 5.74) is 1.63. The van der Waals surface area contributed by atoms with Crippen LogP contribution < -0.4 is 5.32 Å². The number of ether oxygens (including phenoxy) is 2. The van der Waals surface area contributed by atoms with E-state index in [1.54, 1.807) is 12.1 Å². The molecule has 1 aromatic carbocycles. The Morgan fingerprint density at radius 3 is 2.96 bits per heavy atom. The van der Waals surface area contributed by atoms with Gasteiger partial charge in [0.1, 0.15) is 17.4 Å². The average molecular weight is 364 g/mol. The molecule has 0 radical (unpaired) electrons. The maximum absolute atomic E-state index is 13.0. The average Bonchev–Trinajstić information content (AvgIpc) is 3.10. The second kappa shape index (κ2) is 9.03. The number of benzene rings is 1. The molecule has 2 heterocycles. The zero-order valence-electron chi connectivity index (χ0n) is 13.9. The van der Waals surface area contributed by atoms with Gasteiger partial charge in [0.25, 0.3) is 0 Å². The number of carbonyl (C=O) groups excluding carboxylic acids is 1. The molecular formula is C18H21FN2O3S. The fourth-order valence-electron chi connectivity index (χ4n) is 2.59. The molecule has 1 aliphatic heterocycles. The summed E-state index contributed by atoms with van der Waals surface area (Å²) in [6.45, 7) is 1.62. The fourth-order valence-corrected chi connectivity index (χ4v) is 3.34. The third-order valence-electron chi connectivity index (χ3n) is 3.94. The minimum Gasteiger partial charge on any atom is -0.376 e. The van der Waals surface area contributed by atoms with E-state index in [1.165, 1.54) is 23.5 Å². The van der Waals surface area contributed by atoms with E-state index in [0.717, 1.165) is 42.1 Å². The Balaban J connectivity index is 1.39. The van der Waals surface area contributed by atoms with Gasteiger partial charge in [0, 0.05) is 17.6 Å². The van der Waals surface area contributed by atoms with Gasteiger partial charge in [0.15, 0.2) is 0 Å². The van der Waals surface area contributed by atoms with Crippen LogP contribution in [0.3, 0.4) is 0 Å². The molecule has 1 saturated heterocycles. The number of rotatable bonds is 7. The zero-order valence-corrected chi connectivity index (χ0v) is 14.7. The van der Waals surface area contributed by atoms with E-state index in [0.29, 0.717) is 13.2 Å². The van der Waals surface area contributed by atoms with E-state index in [9.17, 15) is 9.18 Å². The van der Waals surface area contributed by atoms with E-state index in [-0.39, 0.29) is 24.4 Å². The summed E-state index contributed by atoms with van der Waals surface area (Å²) in [5.74, 6) is -0.445. The van der Waals surface area contributed by atoms with Gasteiger partial charge in [-0.2, -0.15) is 0 Å². The lowest BCUT2D eigenvalue weighted by molar-refractivity contribution is -0.128. The molecule has 25 heavy (non-hydrogen) atoms. The van der Waals surface area contributed by atoms with Gasteiger partial charge in [0.2, 0.25) is 5.91 Å². The van der Waals surface area contributed by atoms with Gasteiger partial charge in [-0.25, -0.2) is 9.37 Å². The summed E-state index contributed by atoms with van der Waals surface area (Å²) < 4.78 is 23.9. The van der Waals surface area contributed by atoms with Crippen LogP contribution in [0.2, 0.25) is 0 Å². The Hall–Kier alpha value is -1.83. The molecule has 1 fully saturated rings. The number of carbonyl (C=O) groups is 1. The van der Waals surface area contributed by atoms with Gasteiger partial charge in [-0.1, -0.05) is 0 Å². The van der Waals surface area contributed by atoms with Gasteiger partial charge < -0.3 is 14.8 Å². The molecule has 1 aromatic heterocycles. The van der Waals surface area contributed by atoms with Crippen LogP contribution in [0.1, 0.15) is 24.3 Å². The molecule has 3 rings (SSSR count). The van der Waals surface area contributed by atoms with Crippen LogP contribution in [0.5, 0.6) is 0 Å². The Kier molecular flexibility index (Phi) is 6.49. The van der Waals surface area contributed by atoms with Crippen molar-refractivity contribution in [3.8, 4) is 11.3 Å². The molecule has 1 amide bonds. The number of halogens is 1. The van der Waals surface area contributed by atoms with Crippen LogP contribution in [-0.2, 0) is 20.8 Å². The molecule has 1 N–H and O–H groups in total.